The topological polar surface area (TPSA) is 55.1 Å². The summed E-state index contributed by atoms with van der Waals surface area (Å²) < 4.78 is 25.5. The van der Waals surface area contributed by atoms with Crippen LogP contribution in [0.5, 0.6) is 0 Å². The molecule has 0 saturated heterocycles. The second-order valence-electron chi connectivity index (χ2n) is 4.09. The summed E-state index contributed by atoms with van der Waals surface area (Å²) >= 11 is 0. The van der Waals surface area contributed by atoms with Gasteiger partial charge in [0.25, 0.3) is 0 Å². The van der Waals surface area contributed by atoms with E-state index in [1.54, 1.807) is 0 Å². The second kappa shape index (κ2) is 3.83. The Labute approximate surface area is 91.6 Å². The van der Waals surface area contributed by atoms with E-state index >= 15 is 0 Å². The minimum Gasteiger partial charge on any atom is -0.324 e. The minimum absolute atomic E-state index is 0.223. The molecule has 0 bridgehead atoms. The second-order valence-corrected chi connectivity index (χ2v) is 4.09. The molecule has 0 unspecified atom stereocenters. The maximum atomic E-state index is 12.9. The van der Waals surface area contributed by atoms with Crippen molar-refractivity contribution >= 4 is 11.6 Å². The number of rotatable bonds is 2. The van der Waals surface area contributed by atoms with Gasteiger partial charge in [-0.1, -0.05) is 0 Å². The van der Waals surface area contributed by atoms with Gasteiger partial charge in [0.05, 0.1) is 5.54 Å². The maximum Gasteiger partial charge on any atom is 0.244 e. The third-order valence-electron chi connectivity index (χ3n) is 2.88. The zero-order valence-electron chi connectivity index (χ0n) is 8.59. The van der Waals surface area contributed by atoms with Gasteiger partial charge in [0.1, 0.15) is 0 Å². The molecule has 1 aliphatic carbocycles. The molecule has 1 aromatic rings. The fourth-order valence-corrected chi connectivity index (χ4v) is 1.61. The van der Waals surface area contributed by atoms with E-state index in [1.165, 1.54) is 6.07 Å². The lowest BCUT2D eigenvalue weighted by Crippen LogP contribution is -2.56. The summed E-state index contributed by atoms with van der Waals surface area (Å²) in [6.07, 6.45) is 2.17. The van der Waals surface area contributed by atoms with Crippen molar-refractivity contribution in [3.8, 4) is 0 Å². The molecule has 0 aliphatic heterocycles. The number of hydrogen-bond acceptors (Lipinski definition) is 2. The van der Waals surface area contributed by atoms with Crippen LogP contribution >= 0.6 is 0 Å². The molecule has 0 heterocycles. The Morgan fingerprint density at radius 3 is 2.50 bits per heavy atom. The van der Waals surface area contributed by atoms with Gasteiger partial charge in [-0.15, -0.1) is 0 Å². The Balaban J connectivity index is 2.09. The lowest BCUT2D eigenvalue weighted by Gasteiger charge is -2.36. The van der Waals surface area contributed by atoms with Gasteiger partial charge in [-0.25, -0.2) is 8.78 Å². The molecule has 0 atom stereocenters. The number of carbonyl (C=O) groups is 1. The highest BCUT2D eigenvalue weighted by Gasteiger charge is 2.40. The molecule has 2 rings (SSSR count). The van der Waals surface area contributed by atoms with E-state index < -0.39 is 17.2 Å². The number of nitrogens with one attached hydrogen (secondary N) is 1. The van der Waals surface area contributed by atoms with Crippen molar-refractivity contribution in [1.29, 1.82) is 0 Å². The van der Waals surface area contributed by atoms with Crippen LogP contribution in [-0.2, 0) is 4.79 Å². The summed E-state index contributed by atoms with van der Waals surface area (Å²) in [4.78, 5) is 11.7. The van der Waals surface area contributed by atoms with E-state index in [9.17, 15) is 13.6 Å². The SMILES string of the molecule is NC1(C(=O)Nc2ccc(F)c(F)c2)CCC1. The molecule has 3 nitrogen and oxygen atoms in total. The molecule has 1 aliphatic rings. The van der Waals surface area contributed by atoms with Crippen molar-refractivity contribution in [2.24, 2.45) is 5.73 Å². The number of anilines is 1. The van der Waals surface area contributed by atoms with Gasteiger partial charge >= 0.3 is 0 Å². The van der Waals surface area contributed by atoms with Crippen LogP contribution in [0.25, 0.3) is 0 Å². The first-order valence-electron chi connectivity index (χ1n) is 5.07. The van der Waals surface area contributed by atoms with E-state index in [4.69, 9.17) is 5.73 Å². The van der Waals surface area contributed by atoms with Crippen molar-refractivity contribution in [2.45, 2.75) is 24.8 Å². The Hall–Kier alpha value is -1.49. The largest absolute Gasteiger partial charge is 0.324 e. The molecular formula is C11H12F2N2O. The first kappa shape index (κ1) is 11.0. The summed E-state index contributed by atoms with van der Waals surface area (Å²) in [6, 6.07) is 3.21. The van der Waals surface area contributed by atoms with E-state index in [2.05, 4.69) is 5.32 Å². The van der Waals surface area contributed by atoms with Crippen molar-refractivity contribution in [3.05, 3.63) is 29.8 Å². The van der Waals surface area contributed by atoms with Gasteiger partial charge in [0, 0.05) is 11.8 Å². The number of halogens is 2. The van der Waals surface area contributed by atoms with Crippen LogP contribution in [0.2, 0.25) is 0 Å². The predicted octanol–water partition coefficient (Wildman–Crippen LogP) is 1.78. The van der Waals surface area contributed by atoms with Gasteiger partial charge in [-0.2, -0.15) is 0 Å². The molecular weight excluding hydrogens is 214 g/mol. The van der Waals surface area contributed by atoms with Crippen molar-refractivity contribution in [3.63, 3.8) is 0 Å². The van der Waals surface area contributed by atoms with E-state index in [0.29, 0.717) is 12.8 Å². The van der Waals surface area contributed by atoms with Crippen LogP contribution in [0.4, 0.5) is 14.5 Å². The molecule has 0 spiro atoms. The van der Waals surface area contributed by atoms with E-state index in [-0.39, 0.29) is 11.6 Å². The number of benzene rings is 1. The predicted molar refractivity (Wildman–Crippen MR) is 55.8 cm³/mol. The fraction of sp³-hybridized carbons (Fsp3) is 0.364. The van der Waals surface area contributed by atoms with E-state index in [1.807, 2.05) is 0 Å². The first-order valence-corrected chi connectivity index (χ1v) is 5.07. The zero-order chi connectivity index (χ0) is 11.8. The Morgan fingerprint density at radius 1 is 1.31 bits per heavy atom. The standard InChI is InChI=1S/C11H12F2N2O/c12-8-3-2-7(6-9(8)13)15-10(16)11(14)4-1-5-11/h2-3,6H,1,4-5,14H2,(H,15,16). The Kier molecular flexibility index (Phi) is 2.63. The van der Waals surface area contributed by atoms with Gasteiger partial charge in [-0.05, 0) is 31.4 Å². The van der Waals surface area contributed by atoms with Crippen LogP contribution in [0.15, 0.2) is 18.2 Å². The minimum atomic E-state index is -0.988. The molecule has 0 radical (unpaired) electrons. The fourth-order valence-electron chi connectivity index (χ4n) is 1.61. The quantitative estimate of drug-likeness (QED) is 0.807. The van der Waals surface area contributed by atoms with Crippen LogP contribution in [0, 0.1) is 11.6 Å². The summed E-state index contributed by atoms with van der Waals surface area (Å²) in [7, 11) is 0. The van der Waals surface area contributed by atoms with E-state index in [0.717, 1.165) is 18.6 Å². The van der Waals surface area contributed by atoms with Crippen molar-refractivity contribution in [2.75, 3.05) is 5.32 Å². The molecule has 5 heteroatoms. The van der Waals surface area contributed by atoms with Gasteiger partial charge in [0.15, 0.2) is 11.6 Å². The average Bonchev–Trinajstić information content (AvgIpc) is 2.20. The van der Waals surface area contributed by atoms with Gasteiger partial charge in [-0.3, -0.25) is 4.79 Å². The summed E-state index contributed by atoms with van der Waals surface area (Å²) in [6.45, 7) is 0. The normalized spacial score (nSPS) is 17.7. The molecule has 1 saturated carbocycles. The van der Waals surface area contributed by atoms with Crippen molar-refractivity contribution < 1.29 is 13.6 Å². The number of amides is 1. The highest BCUT2D eigenvalue weighted by molar-refractivity contribution is 5.98. The van der Waals surface area contributed by atoms with Crippen LogP contribution in [0.3, 0.4) is 0 Å². The lowest BCUT2D eigenvalue weighted by atomic mass is 9.77. The highest BCUT2D eigenvalue weighted by Crippen LogP contribution is 2.30. The van der Waals surface area contributed by atoms with Crippen molar-refractivity contribution in [1.82, 2.24) is 0 Å². The molecule has 16 heavy (non-hydrogen) atoms. The number of carbonyl (C=O) groups excluding carboxylic acids is 1. The number of hydrogen-bond donors (Lipinski definition) is 2. The summed E-state index contributed by atoms with van der Waals surface area (Å²) in [5.41, 5.74) is 5.16. The Bertz CT molecular complexity index is 430. The third-order valence-corrected chi connectivity index (χ3v) is 2.88. The van der Waals surface area contributed by atoms with Crippen LogP contribution in [0.1, 0.15) is 19.3 Å². The Morgan fingerprint density at radius 2 is 2.00 bits per heavy atom. The maximum absolute atomic E-state index is 12.9. The number of nitrogens with two attached hydrogens (primary N) is 1. The van der Waals surface area contributed by atoms with Gasteiger partial charge in [0.2, 0.25) is 5.91 Å². The average molecular weight is 226 g/mol. The lowest BCUT2D eigenvalue weighted by molar-refractivity contribution is -0.123. The zero-order valence-corrected chi connectivity index (χ0v) is 8.59. The van der Waals surface area contributed by atoms with Crippen LogP contribution in [-0.4, -0.2) is 11.4 Å². The van der Waals surface area contributed by atoms with Gasteiger partial charge < -0.3 is 11.1 Å². The molecule has 1 fully saturated rings. The molecule has 1 aromatic carbocycles. The van der Waals surface area contributed by atoms with Crippen LogP contribution < -0.4 is 11.1 Å². The molecule has 1 amide bonds. The smallest absolute Gasteiger partial charge is 0.244 e. The first-order chi connectivity index (χ1) is 7.51. The third kappa shape index (κ3) is 1.90. The summed E-state index contributed by atoms with van der Waals surface area (Å²) in [5, 5.41) is 2.48. The molecule has 86 valence electrons. The summed E-state index contributed by atoms with van der Waals surface area (Å²) in [5.74, 6) is -2.27. The molecule has 0 aromatic heterocycles. The monoisotopic (exact) mass is 226 g/mol. The molecule has 3 N–H and O–H groups in total. The highest BCUT2D eigenvalue weighted by atomic mass is 19.2.